The lowest BCUT2D eigenvalue weighted by molar-refractivity contribution is -0.144. The third-order valence-electron chi connectivity index (χ3n) is 2.01. The molecule has 2 N–H and O–H groups in total. The summed E-state index contributed by atoms with van der Waals surface area (Å²) in [6, 6.07) is 6.11. The average Bonchev–Trinajstić information content (AvgIpc) is 2.30. The SMILES string of the molecule is CCOC(=O)CCC(=O)Nc1ccc(O)cc1. The highest BCUT2D eigenvalue weighted by atomic mass is 16.5. The Morgan fingerprint density at radius 3 is 2.47 bits per heavy atom. The van der Waals surface area contributed by atoms with Crippen LogP contribution in [0.2, 0.25) is 0 Å². The largest absolute Gasteiger partial charge is 0.508 e. The van der Waals surface area contributed by atoms with Crippen molar-refractivity contribution in [1.29, 1.82) is 0 Å². The molecule has 17 heavy (non-hydrogen) atoms. The summed E-state index contributed by atoms with van der Waals surface area (Å²) in [5.74, 6) is -0.508. The lowest BCUT2D eigenvalue weighted by Crippen LogP contribution is -2.14. The van der Waals surface area contributed by atoms with Crippen LogP contribution in [0.15, 0.2) is 24.3 Å². The van der Waals surface area contributed by atoms with E-state index in [1.807, 2.05) is 0 Å². The summed E-state index contributed by atoms with van der Waals surface area (Å²) in [6.45, 7) is 2.03. The predicted octanol–water partition coefficient (Wildman–Crippen LogP) is 1.67. The van der Waals surface area contributed by atoms with Crippen LogP contribution in [0.25, 0.3) is 0 Å². The third kappa shape index (κ3) is 5.01. The number of nitrogens with one attached hydrogen (secondary N) is 1. The van der Waals surface area contributed by atoms with Gasteiger partial charge < -0.3 is 15.2 Å². The van der Waals surface area contributed by atoms with Gasteiger partial charge in [-0.1, -0.05) is 0 Å². The van der Waals surface area contributed by atoms with Gasteiger partial charge >= 0.3 is 5.97 Å². The number of benzene rings is 1. The van der Waals surface area contributed by atoms with Crippen LogP contribution in [0.1, 0.15) is 19.8 Å². The summed E-state index contributed by atoms with van der Waals surface area (Å²) in [5, 5.41) is 11.7. The van der Waals surface area contributed by atoms with Crippen molar-refractivity contribution in [3.63, 3.8) is 0 Å². The van der Waals surface area contributed by atoms with E-state index in [1.165, 1.54) is 12.1 Å². The Bertz CT molecular complexity index is 386. The Morgan fingerprint density at radius 1 is 1.24 bits per heavy atom. The standard InChI is InChI=1S/C12H15NO4/c1-2-17-12(16)8-7-11(15)13-9-3-5-10(14)6-4-9/h3-6,14H,2,7-8H2,1H3,(H,13,15). The number of amides is 1. The van der Waals surface area contributed by atoms with Gasteiger partial charge in [0.25, 0.3) is 0 Å². The van der Waals surface area contributed by atoms with Gasteiger partial charge in [0.15, 0.2) is 0 Å². The predicted molar refractivity (Wildman–Crippen MR) is 62.6 cm³/mol. The molecule has 5 heteroatoms. The van der Waals surface area contributed by atoms with Crippen molar-refractivity contribution in [2.45, 2.75) is 19.8 Å². The molecule has 0 saturated carbocycles. The normalized spacial score (nSPS) is 9.71. The third-order valence-corrected chi connectivity index (χ3v) is 2.01. The minimum atomic E-state index is -0.381. The Balaban J connectivity index is 2.34. The maximum absolute atomic E-state index is 11.4. The molecular formula is C12H15NO4. The number of anilines is 1. The molecule has 0 unspecified atom stereocenters. The topological polar surface area (TPSA) is 75.6 Å². The average molecular weight is 237 g/mol. The molecule has 1 amide bonds. The number of phenols is 1. The second-order valence-corrected chi connectivity index (χ2v) is 3.40. The maximum atomic E-state index is 11.4. The summed E-state index contributed by atoms with van der Waals surface area (Å²) in [7, 11) is 0. The molecule has 0 saturated heterocycles. The Labute approximate surface area is 99.4 Å². The second-order valence-electron chi connectivity index (χ2n) is 3.40. The van der Waals surface area contributed by atoms with Gasteiger partial charge in [-0.3, -0.25) is 9.59 Å². The second kappa shape index (κ2) is 6.52. The molecule has 0 spiro atoms. The highest BCUT2D eigenvalue weighted by Crippen LogP contribution is 2.13. The first-order valence-electron chi connectivity index (χ1n) is 5.36. The van der Waals surface area contributed by atoms with Crippen LogP contribution in [-0.4, -0.2) is 23.6 Å². The molecular weight excluding hydrogens is 222 g/mol. The van der Waals surface area contributed by atoms with Crippen molar-refractivity contribution in [2.24, 2.45) is 0 Å². The van der Waals surface area contributed by atoms with Gasteiger partial charge in [0.1, 0.15) is 5.75 Å². The number of hydrogen-bond acceptors (Lipinski definition) is 4. The number of ether oxygens (including phenoxy) is 1. The fraction of sp³-hybridized carbons (Fsp3) is 0.333. The highest BCUT2D eigenvalue weighted by Gasteiger charge is 2.07. The molecule has 1 rings (SSSR count). The van der Waals surface area contributed by atoms with E-state index in [0.29, 0.717) is 12.3 Å². The Hall–Kier alpha value is -2.04. The molecule has 0 radical (unpaired) electrons. The number of carbonyl (C=O) groups excluding carboxylic acids is 2. The molecule has 1 aromatic rings. The summed E-state index contributed by atoms with van der Waals surface area (Å²) in [5.41, 5.74) is 0.580. The van der Waals surface area contributed by atoms with Crippen LogP contribution >= 0.6 is 0 Å². The van der Waals surface area contributed by atoms with Crippen molar-refractivity contribution in [1.82, 2.24) is 0 Å². The molecule has 5 nitrogen and oxygen atoms in total. The first-order valence-corrected chi connectivity index (χ1v) is 5.36. The minimum absolute atomic E-state index is 0.0672. The quantitative estimate of drug-likeness (QED) is 0.603. The summed E-state index contributed by atoms with van der Waals surface area (Å²) in [4.78, 5) is 22.4. The lowest BCUT2D eigenvalue weighted by Gasteiger charge is -2.05. The van der Waals surface area contributed by atoms with E-state index in [9.17, 15) is 9.59 Å². The number of phenolic OH excluding ortho intramolecular Hbond substituents is 1. The van der Waals surface area contributed by atoms with Gasteiger partial charge in [-0.25, -0.2) is 0 Å². The van der Waals surface area contributed by atoms with E-state index in [2.05, 4.69) is 5.32 Å². The molecule has 1 aromatic carbocycles. The van der Waals surface area contributed by atoms with E-state index >= 15 is 0 Å². The minimum Gasteiger partial charge on any atom is -0.508 e. The van der Waals surface area contributed by atoms with Crippen LogP contribution in [0, 0.1) is 0 Å². The summed E-state index contributed by atoms with van der Waals surface area (Å²) in [6.07, 6.45) is 0.150. The zero-order valence-electron chi connectivity index (χ0n) is 9.60. The molecule has 0 atom stereocenters. The maximum Gasteiger partial charge on any atom is 0.306 e. The number of aromatic hydroxyl groups is 1. The van der Waals surface area contributed by atoms with Gasteiger partial charge in [-0.2, -0.15) is 0 Å². The van der Waals surface area contributed by atoms with Crippen molar-refractivity contribution in [3.8, 4) is 5.75 Å². The molecule has 0 aliphatic heterocycles. The molecule has 0 bridgehead atoms. The zero-order chi connectivity index (χ0) is 12.7. The van der Waals surface area contributed by atoms with Crippen molar-refractivity contribution in [2.75, 3.05) is 11.9 Å². The van der Waals surface area contributed by atoms with Gasteiger partial charge in [-0.15, -0.1) is 0 Å². The molecule has 0 fully saturated rings. The number of esters is 1. The molecule has 0 heterocycles. The summed E-state index contributed by atoms with van der Waals surface area (Å²) < 4.78 is 4.71. The van der Waals surface area contributed by atoms with Crippen molar-refractivity contribution >= 4 is 17.6 Å². The van der Waals surface area contributed by atoms with Gasteiger partial charge in [-0.05, 0) is 31.2 Å². The first kappa shape index (κ1) is 13.0. The van der Waals surface area contributed by atoms with Gasteiger partial charge in [0.05, 0.1) is 13.0 Å². The van der Waals surface area contributed by atoms with Crippen molar-refractivity contribution in [3.05, 3.63) is 24.3 Å². The number of rotatable bonds is 5. The fourth-order valence-corrected chi connectivity index (χ4v) is 1.22. The van der Waals surface area contributed by atoms with E-state index in [0.717, 1.165) is 0 Å². The number of carbonyl (C=O) groups is 2. The number of hydrogen-bond donors (Lipinski definition) is 2. The molecule has 0 aromatic heterocycles. The van der Waals surface area contributed by atoms with Crippen LogP contribution in [0.5, 0.6) is 5.75 Å². The van der Waals surface area contributed by atoms with E-state index in [1.54, 1.807) is 19.1 Å². The van der Waals surface area contributed by atoms with Crippen LogP contribution in [-0.2, 0) is 14.3 Å². The summed E-state index contributed by atoms with van der Waals surface area (Å²) >= 11 is 0. The van der Waals surface area contributed by atoms with Crippen LogP contribution in [0.4, 0.5) is 5.69 Å². The van der Waals surface area contributed by atoms with Crippen LogP contribution < -0.4 is 5.32 Å². The monoisotopic (exact) mass is 237 g/mol. The fourth-order valence-electron chi connectivity index (χ4n) is 1.22. The van der Waals surface area contributed by atoms with E-state index in [-0.39, 0.29) is 30.5 Å². The Kier molecular flexibility index (Phi) is 5.00. The van der Waals surface area contributed by atoms with Crippen molar-refractivity contribution < 1.29 is 19.4 Å². The zero-order valence-corrected chi connectivity index (χ0v) is 9.60. The first-order chi connectivity index (χ1) is 8.11. The van der Waals surface area contributed by atoms with E-state index in [4.69, 9.17) is 9.84 Å². The Morgan fingerprint density at radius 2 is 1.88 bits per heavy atom. The van der Waals surface area contributed by atoms with Gasteiger partial charge in [0, 0.05) is 12.1 Å². The highest BCUT2D eigenvalue weighted by molar-refractivity contribution is 5.92. The van der Waals surface area contributed by atoms with Crippen LogP contribution in [0.3, 0.4) is 0 Å². The molecule has 0 aliphatic carbocycles. The lowest BCUT2D eigenvalue weighted by atomic mass is 10.2. The van der Waals surface area contributed by atoms with E-state index < -0.39 is 0 Å². The van der Waals surface area contributed by atoms with Gasteiger partial charge in [0.2, 0.25) is 5.91 Å². The smallest absolute Gasteiger partial charge is 0.306 e. The molecule has 0 aliphatic rings. The molecule has 92 valence electrons.